The molecule has 0 bridgehead atoms. The molecule has 0 atom stereocenters. The maximum atomic E-state index is 11.4. The summed E-state index contributed by atoms with van der Waals surface area (Å²) in [4.78, 5) is 19.4. The van der Waals surface area contributed by atoms with E-state index in [2.05, 4.69) is 30.7 Å². The Labute approximate surface area is 118 Å². The third kappa shape index (κ3) is 2.69. The first-order valence-corrected chi connectivity index (χ1v) is 6.46. The lowest BCUT2D eigenvalue weighted by Gasteiger charge is -2.19. The number of aromatic carboxylic acids is 1. The highest BCUT2D eigenvalue weighted by atomic mass is 16.4. The number of rotatable bonds is 2. The predicted molar refractivity (Wildman–Crippen MR) is 77.9 cm³/mol. The van der Waals surface area contributed by atoms with Gasteiger partial charge < -0.3 is 5.11 Å². The molecule has 0 saturated carbocycles. The molecule has 4 heteroatoms. The molecule has 0 radical (unpaired) electrons. The van der Waals surface area contributed by atoms with Gasteiger partial charge in [-0.1, -0.05) is 45.0 Å². The molecule has 104 valence electrons. The van der Waals surface area contributed by atoms with Crippen molar-refractivity contribution in [1.29, 1.82) is 0 Å². The summed E-state index contributed by atoms with van der Waals surface area (Å²) in [5, 5.41) is 9.31. The molecule has 1 N–H and O–H groups in total. The SMILES string of the molecule is Cc1ncnc(-c2ccc(C(C)(C)C)cc2)c1C(=O)O. The van der Waals surface area contributed by atoms with Crippen LogP contribution in [0, 0.1) is 6.92 Å². The zero-order valence-electron chi connectivity index (χ0n) is 12.1. The Bertz CT molecular complexity index is 641. The molecular weight excluding hydrogens is 252 g/mol. The fraction of sp³-hybridized carbons (Fsp3) is 0.312. The molecule has 0 aliphatic heterocycles. The molecule has 0 spiro atoms. The Kier molecular flexibility index (Phi) is 3.57. The Balaban J connectivity index is 2.53. The summed E-state index contributed by atoms with van der Waals surface area (Å²) in [6.07, 6.45) is 1.40. The number of aryl methyl sites for hydroxylation is 1. The lowest BCUT2D eigenvalue weighted by Crippen LogP contribution is -2.11. The van der Waals surface area contributed by atoms with Crippen molar-refractivity contribution in [1.82, 2.24) is 9.97 Å². The zero-order valence-corrected chi connectivity index (χ0v) is 12.1. The molecule has 20 heavy (non-hydrogen) atoms. The summed E-state index contributed by atoms with van der Waals surface area (Å²) >= 11 is 0. The van der Waals surface area contributed by atoms with Gasteiger partial charge in [0.15, 0.2) is 0 Å². The Morgan fingerprint density at radius 2 is 1.70 bits per heavy atom. The van der Waals surface area contributed by atoms with Crippen molar-refractivity contribution in [3.63, 3.8) is 0 Å². The van der Waals surface area contributed by atoms with E-state index < -0.39 is 5.97 Å². The molecule has 0 unspecified atom stereocenters. The molecule has 4 nitrogen and oxygen atoms in total. The van der Waals surface area contributed by atoms with Gasteiger partial charge in [0, 0.05) is 5.56 Å². The first kappa shape index (κ1) is 14.2. The van der Waals surface area contributed by atoms with Crippen LogP contribution in [0.25, 0.3) is 11.3 Å². The van der Waals surface area contributed by atoms with Gasteiger partial charge in [-0.25, -0.2) is 14.8 Å². The van der Waals surface area contributed by atoms with Crippen LogP contribution in [-0.4, -0.2) is 21.0 Å². The maximum Gasteiger partial charge on any atom is 0.339 e. The summed E-state index contributed by atoms with van der Waals surface area (Å²) in [5.74, 6) is -1.00. The van der Waals surface area contributed by atoms with E-state index in [1.807, 2.05) is 24.3 Å². The minimum absolute atomic E-state index is 0.0652. The van der Waals surface area contributed by atoms with Crippen molar-refractivity contribution in [2.24, 2.45) is 0 Å². The molecule has 0 aliphatic rings. The van der Waals surface area contributed by atoms with Crippen LogP contribution in [0.3, 0.4) is 0 Å². The van der Waals surface area contributed by atoms with Crippen molar-refractivity contribution < 1.29 is 9.90 Å². The van der Waals surface area contributed by atoms with Crippen LogP contribution >= 0.6 is 0 Å². The number of carbonyl (C=O) groups is 1. The topological polar surface area (TPSA) is 63.1 Å². The number of carboxylic acid groups (broad SMARTS) is 1. The molecule has 1 aromatic carbocycles. The van der Waals surface area contributed by atoms with E-state index in [1.165, 1.54) is 11.9 Å². The van der Waals surface area contributed by atoms with E-state index in [9.17, 15) is 9.90 Å². The zero-order chi connectivity index (χ0) is 14.9. The first-order valence-electron chi connectivity index (χ1n) is 6.46. The van der Waals surface area contributed by atoms with Crippen LogP contribution < -0.4 is 0 Å². The second-order valence-corrected chi connectivity index (χ2v) is 5.82. The largest absolute Gasteiger partial charge is 0.478 e. The van der Waals surface area contributed by atoms with Crippen LogP contribution in [0.4, 0.5) is 0 Å². The highest BCUT2D eigenvalue weighted by molar-refractivity contribution is 5.95. The van der Waals surface area contributed by atoms with Crippen molar-refractivity contribution >= 4 is 5.97 Å². The van der Waals surface area contributed by atoms with Gasteiger partial charge in [-0.3, -0.25) is 0 Å². The van der Waals surface area contributed by atoms with Gasteiger partial charge in [0.1, 0.15) is 11.9 Å². The molecule has 0 fully saturated rings. The van der Waals surface area contributed by atoms with Gasteiger partial charge in [-0.15, -0.1) is 0 Å². The number of benzene rings is 1. The third-order valence-electron chi connectivity index (χ3n) is 3.28. The van der Waals surface area contributed by atoms with E-state index in [0.717, 1.165) is 5.56 Å². The fourth-order valence-electron chi connectivity index (χ4n) is 2.08. The average molecular weight is 270 g/mol. The van der Waals surface area contributed by atoms with Crippen LogP contribution in [0.1, 0.15) is 42.4 Å². The number of hydrogen-bond donors (Lipinski definition) is 1. The lowest BCUT2D eigenvalue weighted by atomic mass is 9.86. The maximum absolute atomic E-state index is 11.4. The smallest absolute Gasteiger partial charge is 0.339 e. The Hall–Kier alpha value is -2.23. The van der Waals surface area contributed by atoms with Crippen LogP contribution in [0.5, 0.6) is 0 Å². The number of hydrogen-bond acceptors (Lipinski definition) is 3. The highest BCUT2D eigenvalue weighted by Crippen LogP contribution is 2.27. The van der Waals surface area contributed by atoms with E-state index in [4.69, 9.17) is 0 Å². The van der Waals surface area contributed by atoms with Crippen molar-refractivity contribution in [2.45, 2.75) is 33.1 Å². The Morgan fingerprint density at radius 1 is 1.10 bits per heavy atom. The Morgan fingerprint density at radius 3 is 2.20 bits per heavy atom. The van der Waals surface area contributed by atoms with Gasteiger partial charge in [-0.05, 0) is 17.9 Å². The molecule has 0 amide bonds. The molecule has 0 saturated heterocycles. The fourth-order valence-corrected chi connectivity index (χ4v) is 2.08. The molecule has 0 aliphatic carbocycles. The first-order chi connectivity index (χ1) is 9.30. The second kappa shape index (κ2) is 5.04. The molecule has 2 rings (SSSR count). The quantitative estimate of drug-likeness (QED) is 0.907. The minimum Gasteiger partial charge on any atom is -0.478 e. The van der Waals surface area contributed by atoms with Crippen molar-refractivity contribution in [2.75, 3.05) is 0 Å². The van der Waals surface area contributed by atoms with E-state index >= 15 is 0 Å². The average Bonchev–Trinajstić information content (AvgIpc) is 2.37. The standard InChI is InChI=1S/C16H18N2O2/c1-10-13(15(19)20)14(18-9-17-10)11-5-7-12(8-6-11)16(2,3)4/h5-9H,1-4H3,(H,19,20). The van der Waals surface area contributed by atoms with E-state index in [-0.39, 0.29) is 11.0 Å². The summed E-state index contributed by atoms with van der Waals surface area (Å²) in [7, 11) is 0. The molecule has 1 heterocycles. The summed E-state index contributed by atoms with van der Waals surface area (Å²) in [6, 6.07) is 7.85. The van der Waals surface area contributed by atoms with Crippen LogP contribution in [0.2, 0.25) is 0 Å². The van der Waals surface area contributed by atoms with Crippen LogP contribution in [0.15, 0.2) is 30.6 Å². The normalized spacial score (nSPS) is 11.4. The minimum atomic E-state index is -1.00. The second-order valence-electron chi connectivity index (χ2n) is 5.82. The number of carboxylic acids is 1. The molecule has 1 aromatic heterocycles. The number of nitrogens with zero attached hydrogens (tertiary/aromatic N) is 2. The van der Waals surface area contributed by atoms with Gasteiger partial charge in [0.05, 0.1) is 11.4 Å². The van der Waals surface area contributed by atoms with Crippen LogP contribution in [-0.2, 0) is 5.41 Å². The summed E-state index contributed by atoms with van der Waals surface area (Å²) < 4.78 is 0. The van der Waals surface area contributed by atoms with Gasteiger partial charge in [-0.2, -0.15) is 0 Å². The summed E-state index contributed by atoms with van der Waals surface area (Å²) in [6.45, 7) is 8.09. The summed E-state index contributed by atoms with van der Waals surface area (Å²) in [5.41, 5.74) is 3.16. The highest BCUT2D eigenvalue weighted by Gasteiger charge is 2.18. The lowest BCUT2D eigenvalue weighted by molar-refractivity contribution is 0.0696. The monoisotopic (exact) mass is 270 g/mol. The third-order valence-corrected chi connectivity index (χ3v) is 3.28. The van der Waals surface area contributed by atoms with E-state index in [1.54, 1.807) is 6.92 Å². The number of aromatic nitrogens is 2. The molecule has 2 aromatic rings. The van der Waals surface area contributed by atoms with Gasteiger partial charge in [0.2, 0.25) is 0 Å². The molecular formula is C16H18N2O2. The predicted octanol–water partition coefficient (Wildman–Crippen LogP) is 3.45. The van der Waals surface area contributed by atoms with Gasteiger partial charge in [0.25, 0.3) is 0 Å². The van der Waals surface area contributed by atoms with E-state index in [0.29, 0.717) is 11.4 Å². The van der Waals surface area contributed by atoms with Crippen molar-refractivity contribution in [3.05, 3.63) is 47.4 Å². The van der Waals surface area contributed by atoms with Crippen molar-refractivity contribution in [3.8, 4) is 11.3 Å². The van der Waals surface area contributed by atoms with Gasteiger partial charge >= 0.3 is 5.97 Å².